The van der Waals surface area contributed by atoms with Gasteiger partial charge in [0, 0.05) is 12.5 Å². The molecule has 5 N–H and O–H groups in total. The number of benzene rings is 1. The number of hydrogen-bond acceptors (Lipinski definition) is 7. The Morgan fingerprint density at radius 3 is 2.31 bits per heavy atom. The van der Waals surface area contributed by atoms with E-state index in [-0.39, 0.29) is 31.6 Å². The molecule has 2 rings (SSSR count). The first-order chi connectivity index (χ1) is 18.4. The van der Waals surface area contributed by atoms with Crippen LogP contribution in [0.1, 0.15) is 66.4 Å². The standard InChI is InChI=1S/C25H38N4O7.C3H8/c1-16(36-25(2,3)4)21(29-24(34)35-15-17-8-6-5-7-9-17)23(33)27-13-20(31)28-19(14-30)12-18-10-11-26-22(18)32;1-3-2/h5-9,16,18-19,21,30H,10-15H2,1-4H3,(H,26,32)(H,27,33)(H,28,31)(H,29,34);3H2,1-2H3. The number of ether oxygens (including phenoxy) is 2. The van der Waals surface area contributed by atoms with E-state index < -0.39 is 41.7 Å². The minimum atomic E-state index is -1.13. The van der Waals surface area contributed by atoms with Gasteiger partial charge < -0.3 is 35.8 Å². The van der Waals surface area contributed by atoms with Gasteiger partial charge in [-0.1, -0.05) is 50.6 Å². The van der Waals surface area contributed by atoms with Crippen LogP contribution in [-0.4, -0.2) is 72.4 Å². The fourth-order valence-electron chi connectivity index (χ4n) is 3.86. The molecule has 220 valence electrons. The van der Waals surface area contributed by atoms with E-state index in [1.165, 1.54) is 6.42 Å². The van der Waals surface area contributed by atoms with E-state index >= 15 is 0 Å². The zero-order valence-corrected chi connectivity index (χ0v) is 24.0. The highest BCUT2D eigenvalue weighted by molar-refractivity contribution is 5.90. The van der Waals surface area contributed by atoms with Gasteiger partial charge >= 0.3 is 6.09 Å². The summed E-state index contributed by atoms with van der Waals surface area (Å²) in [6.45, 7) is 11.2. The van der Waals surface area contributed by atoms with E-state index in [9.17, 15) is 24.3 Å². The molecular formula is C28H46N4O7. The summed E-state index contributed by atoms with van der Waals surface area (Å²) in [7, 11) is 0. The van der Waals surface area contributed by atoms with Crippen molar-refractivity contribution in [3.05, 3.63) is 35.9 Å². The van der Waals surface area contributed by atoms with Gasteiger partial charge in [-0.2, -0.15) is 0 Å². The number of aliphatic hydroxyl groups is 1. The second-order valence-electron chi connectivity index (χ2n) is 10.5. The number of rotatable bonds is 12. The van der Waals surface area contributed by atoms with Gasteiger partial charge in [0.15, 0.2) is 0 Å². The van der Waals surface area contributed by atoms with Crippen LogP contribution in [0.4, 0.5) is 4.79 Å². The molecule has 0 spiro atoms. The molecule has 0 bridgehead atoms. The molecule has 4 unspecified atom stereocenters. The predicted octanol–water partition coefficient (Wildman–Crippen LogP) is 2.02. The molecule has 0 aromatic heterocycles. The molecule has 1 saturated heterocycles. The average Bonchev–Trinajstić information content (AvgIpc) is 3.28. The second-order valence-corrected chi connectivity index (χ2v) is 10.5. The minimum Gasteiger partial charge on any atom is -0.445 e. The third-order valence-electron chi connectivity index (χ3n) is 5.52. The molecule has 11 nitrogen and oxygen atoms in total. The van der Waals surface area contributed by atoms with E-state index in [1.807, 2.05) is 39.0 Å². The molecule has 4 amide bonds. The Bertz CT molecular complexity index is 905. The largest absolute Gasteiger partial charge is 0.445 e. The SMILES string of the molecule is CC(OC(C)(C)C)C(NC(=O)OCc1ccccc1)C(=O)NCC(=O)NC(CO)CC1CCNC1=O.CCC. The Kier molecular flexibility index (Phi) is 15.1. The maximum absolute atomic E-state index is 12.9. The molecule has 1 heterocycles. The third-order valence-corrected chi connectivity index (χ3v) is 5.52. The van der Waals surface area contributed by atoms with Gasteiger partial charge in [0.25, 0.3) is 0 Å². The first-order valence-electron chi connectivity index (χ1n) is 13.5. The van der Waals surface area contributed by atoms with Crippen LogP contribution < -0.4 is 21.3 Å². The fourth-order valence-corrected chi connectivity index (χ4v) is 3.86. The minimum absolute atomic E-state index is 0.0273. The first kappa shape index (κ1) is 33.8. The normalized spacial score (nSPS) is 17.0. The maximum atomic E-state index is 12.9. The number of carbonyl (C=O) groups excluding carboxylic acids is 4. The molecule has 11 heteroatoms. The summed E-state index contributed by atoms with van der Waals surface area (Å²) < 4.78 is 11.1. The lowest BCUT2D eigenvalue weighted by atomic mass is 9.99. The topological polar surface area (TPSA) is 155 Å². The lowest BCUT2D eigenvalue weighted by Gasteiger charge is -2.30. The Morgan fingerprint density at radius 1 is 1.13 bits per heavy atom. The van der Waals surface area contributed by atoms with Crippen molar-refractivity contribution in [2.24, 2.45) is 5.92 Å². The van der Waals surface area contributed by atoms with Gasteiger partial charge in [-0.05, 0) is 46.1 Å². The Hall–Kier alpha value is -3.18. The van der Waals surface area contributed by atoms with Crippen molar-refractivity contribution in [1.29, 1.82) is 0 Å². The monoisotopic (exact) mass is 550 g/mol. The van der Waals surface area contributed by atoms with E-state index in [0.717, 1.165) is 5.56 Å². The van der Waals surface area contributed by atoms with E-state index in [0.29, 0.717) is 19.4 Å². The van der Waals surface area contributed by atoms with Crippen LogP contribution in [0.25, 0.3) is 0 Å². The Balaban J connectivity index is 0.00000242. The van der Waals surface area contributed by atoms with Gasteiger partial charge in [0.1, 0.15) is 12.6 Å². The van der Waals surface area contributed by atoms with Crippen LogP contribution in [0.5, 0.6) is 0 Å². The average molecular weight is 551 g/mol. The summed E-state index contributed by atoms with van der Waals surface area (Å²) in [5.41, 5.74) is 0.198. The van der Waals surface area contributed by atoms with Crippen molar-refractivity contribution < 1.29 is 33.8 Å². The molecule has 4 atom stereocenters. The highest BCUT2D eigenvalue weighted by Gasteiger charge is 2.32. The van der Waals surface area contributed by atoms with Crippen LogP contribution in [-0.2, 0) is 30.5 Å². The molecule has 0 aliphatic carbocycles. The summed E-state index contributed by atoms with van der Waals surface area (Å²) in [6.07, 6.45) is 0.656. The molecule has 1 aliphatic rings. The molecule has 1 fully saturated rings. The Labute approximate surface area is 231 Å². The Morgan fingerprint density at radius 2 is 1.77 bits per heavy atom. The number of hydrogen-bond donors (Lipinski definition) is 5. The summed E-state index contributed by atoms with van der Waals surface area (Å²) >= 11 is 0. The molecule has 1 aliphatic heterocycles. The highest BCUT2D eigenvalue weighted by Crippen LogP contribution is 2.16. The summed E-state index contributed by atoms with van der Waals surface area (Å²) in [4.78, 5) is 49.5. The van der Waals surface area contributed by atoms with Crippen molar-refractivity contribution in [2.45, 2.75) is 91.2 Å². The summed E-state index contributed by atoms with van der Waals surface area (Å²) in [5.74, 6) is -1.54. The van der Waals surface area contributed by atoms with Crippen LogP contribution in [0.15, 0.2) is 30.3 Å². The predicted molar refractivity (Wildman–Crippen MR) is 148 cm³/mol. The van der Waals surface area contributed by atoms with Crippen LogP contribution in [0.2, 0.25) is 0 Å². The van der Waals surface area contributed by atoms with Crippen molar-refractivity contribution in [2.75, 3.05) is 19.7 Å². The highest BCUT2D eigenvalue weighted by atomic mass is 16.6. The van der Waals surface area contributed by atoms with E-state index in [1.54, 1.807) is 19.1 Å². The van der Waals surface area contributed by atoms with E-state index in [4.69, 9.17) is 9.47 Å². The maximum Gasteiger partial charge on any atom is 0.408 e. The number of aliphatic hydroxyl groups excluding tert-OH is 1. The fraction of sp³-hybridized carbons (Fsp3) is 0.643. The van der Waals surface area contributed by atoms with Gasteiger partial charge in [0.05, 0.1) is 30.9 Å². The first-order valence-corrected chi connectivity index (χ1v) is 13.5. The molecule has 39 heavy (non-hydrogen) atoms. The van der Waals surface area contributed by atoms with Crippen molar-refractivity contribution in [3.63, 3.8) is 0 Å². The van der Waals surface area contributed by atoms with Crippen LogP contribution in [0, 0.1) is 5.92 Å². The zero-order chi connectivity index (χ0) is 29.4. The van der Waals surface area contributed by atoms with Crippen molar-refractivity contribution in [1.82, 2.24) is 21.3 Å². The summed E-state index contributed by atoms with van der Waals surface area (Å²) in [6, 6.07) is 7.35. The van der Waals surface area contributed by atoms with Gasteiger partial charge in [-0.25, -0.2) is 4.79 Å². The van der Waals surface area contributed by atoms with Crippen LogP contribution >= 0.6 is 0 Å². The van der Waals surface area contributed by atoms with E-state index in [2.05, 4.69) is 35.1 Å². The quantitative estimate of drug-likeness (QED) is 0.267. The van der Waals surface area contributed by atoms with Gasteiger partial charge in [-0.15, -0.1) is 0 Å². The third kappa shape index (κ3) is 14.0. The van der Waals surface area contributed by atoms with Gasteiger partial charge in [-0.3, -0.25) is 14.4 Å². The van der Waals surface area contributed by atoms with Crippen molar-refractivity contribution in [3.8, 4) is 0 Å². The number of alkyl carbamates (subject to hydrolysis) is 1. The van der Waals surface area contributed by atoms with Gasteiger partial charge in [0.2, 0.25) is 17.7 Å². The zero-order valence-electron chi connectivity index (χ0n) is 24.0. The lowest BCUT2D eigenvalue weighted by molar-refractivity contribution is -0.133. The second kappa shape index (κ2) is 17.4. The van der Waals surface area contributed by atoms with Crippen LogP contribution in [0.3, 0.4) is 0 Å². The molecule has 0 saturated carbocycles. The van der Waals surface area contributed by atoms with Crippen molar-refractivity contribution >= 4 is 23.8 Å². The molecule has 1 aromatic rings. The molecule has 0 radical (unpaired) electrons. The number of nitrogens with one attached hydrogen (secondary N) is 4. The number of amides is 4. The smallest absolute Gasteiger partial charge is 0.408 e. The number of carbonyl (C=O) groups is 4. The molecule has 1 aromatic carbocycles. The summed E-state index contributed by atoms with van der Waals surface area (Å²) in [5, 5.41) is 20.0. The molecular weight excluding hydrogens is 504 g/mol. The lowest BCUT2D eigenvalue weighted by Crippen LogP contribution is -2.56.